The van der Waals surface area contributed by atoms with E-state index in [1.807, 2.05) is 0 Å². The maximum absolute atomic E-state index is 13.9. The minimum atomic E-state index is -1.37. The largest absolute Gasteiger partial charge is 0.490 e. The van der Waals surface area contributed by atoms with Crippen LogP contribution in [0.1, 0.15) is 30.1 Å². The summed E-state index contributed by atoms with van der Waals surface area (Å²) in [6, 6.07) is 8.96. The van der Waals surface area contributed by atoms with Gasteiger partial charge in [-0.05, 0) is 42.7 Å². The number of halogens is 3. The van der Waals surface area contributed by atoms with E-state index in [-0.39, 0.29) is 11.7 Å². The topological polar surface area (TPSA) is 29.5 Å². The molecule has 1 fully saturated rings. The molecule has 0 aromatic heterocycles. The SMILES string of the molecule is OC(c1cccc(OC2CC2)c1)c1c(F)cc(Br)cc1F. The molecule has 2 nitrogen and oxygen atoms in total. The standard InChI is InChI=1S/C16H13BrF2O2/c17-10-7-13(18)15(14(19)8-10)16(20)9-2-1-3-12(6-9)21-11-4-5-11/h1-3,6-8,11,16,20H,4-5H2. The molecule has 2 aromatic rings. The number of aliphatic hydroxyl groups is 1. The van der Waals surface area contributed by atoms with E-state index in [9.17, 15) is 13.9 Å². The first kappa shape index (κ1) is 14.5. The molecule has 0 bridgehead atoms. The quantitative estimate of drug-likeness (QED) is 0.884. The highest BCUT2D eigenvalue weighted by Crippen LogP contribution is 2.32. The van der Waals surface area contributed by atoms with E-state index in [1.165, 1.54) is 0 Å². The fraction of sp³-hybridized carbons (Fsp3) is 0.250. The summed E-state index contributed by atoms with van der Waals surface area (Å²) in [5, 5.41) is 10.3. The molecule has 0 amide bonds. The first-order valence-corrected chi connectivity index (χ1v) is 7.43. The van der Waals surface area contributed by atoms with Crippen LogP contribution < -0.4 is 4.74 Å². The van der Waals surface area contributed by atoms with Crippen molar-refractivity contribution in [1.29, 1.82) is 0 Å². The van der Waals surface area contributed by atoms with Gasteiger partial charge in [-0.2, -0.15) is 0 Å². The molecule has 0 heterocycles. The zero-order valence-corrected chi connectivity index (χ0v) is 12.6. The molecule has 1 aliphatic carbocycles. The van der Waals surface area contributed by atoms with Gasteiger partial charge in [-0.15, -0.1) is 0 Å². The Kier molecular flexibility index (Phi) is 3.95. The van der Waals surface area contributed by atoms with Gasteiger partial charge in [0, 0.05) is 4.47 Å². The van der Waals surface area contributed by atoms with E-state index in [1.54, 1.807) is 24.3 Å². The number of aliphatic hydroxyl groups excluding tert-OH is 1. The van der Waals surface area contributed by atoms with Gasteiger partial charge in [0.15, 0.2) is 0 Å². The van der Waals surface area contributed by atoms with Crippen LogP contribution in [-0.4, -0.2) is 11.2 Å². The van der Waals surface area contributed by atoms with Crippen molar-refractivity contribution >= 4 is 15.9 Å². The van der Waals surface area contributed by atoms with Crippen molar-refractivity contribution in [1.82, 2.24) is 0 Å². The highest BCUT2D eigenvalue weighted by molar-refractivity contribution is 9.10. The first-order chi connectivity index (χ1) is 10.0. The van der Waals surface area contributed by atoms with Crippen LogP contribution in [-0.2, 0) is 0 Å². The minimum absolute atomic E-state index is 0.221. The van der Waals surface area contributed by atoms with E-state index >= 15 is 0 Å². The van der Waals surface area contributed by atoms with Crippen LogP contribution >= 0.6 is 15.9 Å². The summed E-state index contributed by atoms with van der Waals surface area (Å²) in [5.74, 6) is -0.974. The third-order valence-electron chi connectivity index (χ3n) is 3.32. The van der Waals surface area contributed by atoms with Gasteiger partial charge in [-0.25, -0.2) is 8.78 Å². The van der Waals surface area contributed by atoms with Gasteiger partial charge in [-0.3, -0.25) is 0 Å². The van der Waals surface area contributed by atoms with Crippen LogP contribution in [0.15, 0.2) is 40.9 Å². The smallest absolute Gasteiger partial charge is 0.133 e. The average molecular weight is 355 g/mol. The first-order valence-electron chi connectivity index (χ1n) is 6.63. The summed E-state index contributed by atoms with van der Waals surface area (Å²) in [6.45, 7) is 0. The highest BCUT2D eigenvalue weighted by atomic mass is 79.9. The third kappa shape index (κ3) is 3.24. The molecule has 0 aliphatic heterocycles. The molecular formula is C16H13BrF2O2. The second-order valence-electron chi connectivity index (χ2n) is 5.08. The van der Waals surface area contributed by atoms with Crippen LogP contribution in [0.2, 0.25) is 0 Å². The number of ether oxygens (including phenoxy) is 1. The molecular weight excluding hydrogens is 342 g/mol. The third-order valence-corrected chi connectivity index (χ3v) is 3.78. The summed E-state index contributed by atoms with van der Waals surface area (Å²) in [7, 11) is 0. The molecule has 2 aromatic carbocycles. The van der Waals surface area contributed by atoms with Crippen LogP contribution in [0.25, 0.3) is 0 Å². The monoisotopic (exact) mass is 354 g/mol. The Balaban J connectivity index is 1.92. The van der Waals surface area contributed by atoms with Gasteiger partial charge < -0.3 is 9.84 Å². The molecule has 0 spiro atoms. The van der Waals surface area contributed by atoms with E-state index in [2.05, 4.69) is 15.9 Å². The Morgan fingerprint density at radius 1 is 1.14 bits per heavy atom. The van der Waals surface area contributed by atoms with Crippen molar-refractivity contribution in [3.8, 4) is 5.75 Å². The van der Waals surface area contributed by atoms with Crippen LogP contribution in [0, 0.1) is 11.6 Å². The Bertz CT molecular complexity index is 648. The Morgan fingerprint density at radius 2 is 1.81 bits per heavy atom. The lowest BCUT2D eigenvalue weighted by atomic mass is 10.0. The predicted octanol–water partition coefficient (Wildman–Crippen LogP) is 4.35. The van der Waals surface area contributed by atoms with Crippen molar-refractivity contribution in [3.63, 3.8) is 0 Å². The minimum Gasteiger partial charge on any atom is -0.490 e. The molecule has 1 saturated carbocycles. The zero-order valence-electron chi connectivity index (χ0n) is 11.0. The molecule has 1 atom stereocenters. The Labute approximate surface area is 129 Å². The molecule has 1 aliphatic rings. The summed E-state index contributed by atoms with van der Waals surface area (Å²) in [6.07, 6.45) is 0.880. The van der Waals surface area contributed by atoms with E-state index in [0.717, 1.165) is 25.0 Å². The van der Waals surface area contributed by atoms with Gasteiger partial charge in [0.05, 0.1) is 11.7 Å². The molecule has 0 saturated heterocycles. The number of hydrogen-bond acceptors (Lipinski definition) is 2. The van der Waals surface area contributed by atoms with Crippen molar-refractivity contribution in [2.24, 2.45) is 0 Å². The van der Waals surface area contributed by atoms with Gasteiger partial charge in [-0.1, -0.05) is 28.1 Å². The number of benzene rings is 2. The lowest BCUT2D eigenvalue weighted by Crippen LogP contribution is -2.06. The molecule has 5 heteroatoms. The van der Waals surface area contributed by atoms with Gasteiger partial charge in [0.1, 0.15) is 23.5 Å². The lowest BCUT2D eigenvalue weighted by Gasteiger charge is -2.15. The van der Waals surface area contributed by atoms with Gasteiger partial charge in [0.2, 0.25) is 0 Å². The van der Waals surface area contributed by atoms with Gasteiger partial charge >= 0.3 is 0 Å². The molecule has 110 valence electrons. The van der Waals surface area contributed by atoms with Crippen LogP contribution in [0.5, 0.6) is 5.75 Å². The van der Waals surface area contributed by atoms with E-state index < -0.39 is 17.7 Å². The fourth-order valence-electron chi connectivity index (χ4n) is 2.12. The summed E-state index contributed by atoms with van der Waals surface area (Å²) in [4.78, 5) is 0. The molecule has 1 unspecified atom stereocenters. The Morgan fingerprint density at radius 3 is 2.43 bits per heavy atom. The fourth-order valence-corrected chi connectivity index (χ4v) is 2.52. The van der Waals surface area contributed by atoms with Crippen molar-refractivity contribution < 1.29 is 18.6 Å². The number of hydrogen-bond donors (Lipinski definition) is 1. The van der Waals surface area contributed by atoms with E-state index in [4.69, 9.17) is 4.74 Å². The summed E-state index contributed by atoms with van der Waals surface area (Å²) in [5.41, 5.74) is 0.0371. The average Bonchev–Trinajstić information content (AvgIpc) is 3.21. The highest BCUT2D eigenvalue weighted by Gasteiger charge is 2.25. The van der Waals surface area contributed by atoms with Crippen molar-refractivity contribution in [2.75, 3.05) is 0 Å². The maximum atomic E-state index is 13.9. The second kappa shape index (κ2) is 5.73. The number of rotatable bonds is 4. The normalized spacial score (nSPS) is 15.8. The van der Waals surface area contributed by atoms with Crippen molar-refractivity contribution in [3.05, 3.63) is 63.6 Å². The lowest BCUT2D eigenvalue weighted by molar-refractivity contribution is 0.208. The molecule has 0 radical (unpaired) electrons. The van der Waals surface area contributed by atoms with E-state index in [0.29, 0.717) is 15.8 Å². The van der Waals surface area contributed by atoms with Crippen LogP contribution in [0.4, 0.5) is 8.78 Å². The maximum Gasteiger partial charge on any atom is 0.133 e. The van der Waals surface area contributed by atoms with Crippen molar-refractivity contribution in [2.45, 2.75) is 25.0 Å². The summed E-state index contributed by atoms with van der Waals surface area (Å²) >= 11 is 3.02. The molecule has 21 heavy (non-hydrogen) atoms. The van der Waals surface area contributed by atoms with Crippen LogP contribution in [0.3, 0.4) is 0 Å². The zero-order chi connectivity index (χ0) is 15.0. The molecule has 3 rings (SSSR count). The Hall–Kier alpha value is -1.46. The second-order valence-corrected chi connectivity index (χ2v) is 5.99. The predicted molar refractivity (Wildman–Crippen MR) is 78.2 cm³/mol. The summed E-state index contributed by atoms with van der Waals surface area (Å²) < 4.78 is 33.7. The molecule has 1 N–H and O–H groups in total. The van der Waals surface area contributed by atoms with Gasteiger partial charge in [0.25, 0.3) is 0 Å².